The average Bonchev–Trinajstić information content (AvgIpc) is 2.69. The standard InChI is InChI=1S/C9H15NO5S/c1-8(2,3)14-7(11)10-6-9(4-5-9)15-16(10,12)13/h4-6H2,1-3H3. The molecule has 0 atom stereocenters. The van der Waals surface area contributed by atoms with Gasteiger partial charge in [0, 0.05) is 0 Å². The summed E-state index contributed by atoms with van der Waals surface area (Å²) in [6.07, 6.45) is 0.480. The molecular formula is C9H15NO5S. The van der Waals surface area contributed by atoms with Crippen LogP contribution in [0.3, 0.4) is 0 Å². The van der Waals surface area contributed by atoms with Crippen molar-refractivity contribution in [3.8, 4) is 0 Å². The number of carbonyl (C=O) groups excluding carboxylic acids is 1. The molecule has 1 spiro atoms. The fourth-order valence-electron chi connectivity index (χ4n) is 1.49. The van der Waals surface area contributed by atoms with Crippen molar-refractivity contribution in [2.24, 2.45) is 0 Å². The largest absolute Gasteiger partial charge is 0.443 e. The van der Waals surface area contributed by atoms with E-state index in [1.54, 1.807) is 20.8 Å². The van der Waals surface area contributed by atoms with E-state index in [0.717, 1.165) is 0 Å². The first-order valence-electron chi connectivity index (χ1n) is 5.10. The van der Waals surface area contributed by atoms with Gasteiger partial charge >= 0.3 is 16.4 Å². The minimum atomic E-state index is -3.95. The van der Waals surface area contributed by atoms with Gasteiger partial charge in [0.2, 0.25) is 0 Å². The van der Waals surface area contributed by atoms with E-state index in [4.69, 9.17) is 8.92 Å². The molecule has 1 saturated carbocycles. The van der Waals surface area contributed by atoms with Crippen LogP contribution >= 0.6 is 0 Å². The zero-order valence-corrected chi connectivity index (χ0v) is 10.3. The quantitative estimate of drug-likeness (QED) is 0.641. The van der Waals surface area contributed by atoms with Gasteiger partial charge in [0.25, 0.3) is 0 Å². The number of rotatable bonds is 0. The number of hydrogen-bond donors (Lipinski definition) is 0. The Hall–Kier alpha value is -0.820. The molecule has 2 rings (SSSR count). The molecule has 2 fully saturated rings. The summed E-state index contributed by atoms with van der Waals surface area (Å²) >= 11 is 0. The SMILES string of the molecule is CC(C)(C)OC(=O)N1CC2(CC2)OS1(=O)=O. The number of carbonyl (C=O) groups is 1. The first-order valence-corrected chi connectivity index (χ1v) is 6.46. The van der Waals surface area contributed by atoms with Gasteiger partial charge in [0.1, 0.15) is 11.2 Å². The summed E-state index contributed by atoms with van der Waals surface area (Å²) < 4.78 is 33.7. The number of ether oxygens (including phenoxy) is 1. The van der Waals surface area contributed by atoms with Gasteiger partial charge in [-0.05, 0) is 33.6 Å². The van der Waals surface area contributed by atoms with Crippen LogP contribution in [0.15, 0.2) is 0 Å². The molecule has 0 aromatic heterocycles. The molecule has 92 valence electrons. The fourth-order valence-corrected chi connectivity index (χ4v) is 2.85. The second-order valence-electron chi connectivity index (χ2n) is 5.21. The summed E-state index contributed by atoms with van der Waals surface area (Å²) in [5.74, 6) is 0. The maximum atomic E-state index is 11.6. The van der Waals surface area contributed by atoms with E-state index in [-0.39, 0.29) is 6.54 Å². The second kappa shape index (κ2) is 3.10. The Bertz CT molecular complexity index is 418. The molecule has 6 nitrogen and oxygen atoms in total. The third-order valence-corrected chi connectivity index (χ3v) is 3.77. The summed E-state index contributed by atoms with van der Waals surface area (Å²) in [7, 11) is -3.95. The molecule has 0 bridgehead atoms. The third kappa shape index (κ3) is 2.15. The first-order chi connectivity index (χ1) is 7.14. The molecule has 0 aromatic rings. The van der Waals surface area contributed by atoms with Crippen molar-refractivity contribution in [1.29, 1.82) is 0 Å². The van der Waals surface area contributed by atoms with Gasteiger partial charge in [-0.2, -0.15) is 12.7 Å². The van der Waals surface area contributed by atoms with Gasteiger partial charge in [-0.1, -0.05) is 0 Å². The maximum Gasteiger partial charge on any atom is 0.425 e. The van der Waals surface area contributed by atoms with Crippen LogP contribution in [0.4, 0.5) is 4.79 Å². The molecule has 0 aromatic carbocycles. The molecule has 0 radical (unpaired) electrons. The minimum absolute atomic E-state index is 0.0737. The van der Waals surface area contributed by atoms with Crippen LogP contribution in [0.5, 0.6) is 0 Å². The Labute approximate surface area is 94.8 Å². The van der Waals surface area contributed by atoms with E-state index in [1.165, 1.54) is 0 Å². The van der Waals surface area contributed by atoms with Gasteiger partial charge in [0.05, 0.1) is 6.54 Å². The van der Waals surface area contributed by atoms with Crippen molar-refractivity contribution in [3.63, 3.8) is 0 Å². The van der Waals surface area contributed by atoms with Crippen molar-refractivity contribution in [2.75, 3.05) is 6.54 Å². The summed E-state index contributed by atoms with van der Waals surface area (Å²) in [5.41, 5.74) is -1.37. The van der Waals surface area contributed by atoms with E-state index < -0.39 is 27.6 Å². The van der Waals surface area contributed by atoms with Crippen LogP contribution in [-0.2, 0) is 19.2 Å². The number of hydrogen-bond acceptors (Lipinski definition) is 5. The molecule has 0 unspecified atom stereocenters. The molecular weight excluding hydrogens is 234 g/mol. The highest BCUT2D eigenvalue weighted by Gasteiger charge is 2.59. The zero-order valence-electron chi connectivity index (χ0n) is 9.52. The molecule has 1 amide bonds. The lowest BCUT2D eigenvalue weighted by Crippen LogP contribution is -2.38. The molecule has 1 aliphatic heterocycles. The van der Waals surface area contributed by atoms with E-state index in [2.05, 4.69) is 0 Å². The topological polar surface area (TPSA) is 72.9 Å². The van der Waals surface area contributed by atoms with Crippen LogP contribution in [0.2, 0.25) is 0 Å². The molecule has 1 saturated heterocycles. The number of amides is 1. The van der Waals surface area contributed by atoms with Crippen molar-refractivity contribution < 1.29 is 22.1 Å². The van der Waals surface area contributed by atoms with Crippen LogP contribution in [0, 0.1) is 0 Å². The smallest absolute Gasteiger partial charge is 0.425 e. The van der Waals surface area contributed by atoms with Crippen LogP contribution < -0.4 is 0 Å². The first kappa shape index (κ1) is 11.7. The van der Waals surface area contributed by atoms with Gasteiger partial charge in [-0.3, -0.25) is 0 Å². The highest BCUT2D eigenvalue weighted by atomic mass is 32.2. The highest BCUT2D eigenvalue weighted by Crippen LogP contribution is 2.47. The monoisotopic (exact) mass is 249 g/mol. The van der Waals surface area contributed by atoms with E-state index in [1.807, 2.05) is 0 Å². The van der Waals surface area contributed by atoms with Crippen molar-refractivity contribution in [2.45, 2.75) is 44.8 Å². The molecule has 1 aliphatic carbocycles. The van der Waals surface area contributed by atoms with Crippen LogP contribution in [-0.4, -0.2) is 36.6 Å². The lowest BCUT2D eigenvalue weighted by atomic mass is 10.2. The summed E-state index contributed by atoms with van der Waals surface area (Å²) in [6.45, 7) is 5.12. The lowest BCUT2D eigenvalue weighted by Gasteiger charge is -2.22. The molecule has 7 heteroatoms. The Balaban J connectivity index is 2.13. The van der Waals surface area contributed by atoms with Crippen molar-refractivity contribution in [3.05, 3.63) is 0 Å². The Morgan fingerprint density at radius 3 is 2.31 bits per heavy atom. The number of nitrogens with zero attached hydrogens (tertiary/aromatic N) is 1. The van der Waals surface area contributed by atoms with Crippen molar-refractivity contribution >= 4 is 16.4 Å². The van der Waals surface area contributed by atoms with E-state index >= 15 is 0 Å². The Morgan fingerprint density at radius 1 is 1.38 bits per heavy atom. The van der Waals surface area contributed by atoms with Gasteiger partial charge in [0.15, 0.2) is 0 Å². The average molecular weight is 249 g/mol. The van der Waals surface area contributed by atoms with E-state index in [0.29, 0.717) is 17.1 Å². The Kier molecular flexibility index (Phi) is 2.26. The Morgan fingerprint density at radius 2 is 1.94 bits per heavy atom. The normalized spacial score (nSPS) is 25.8. The second-order valence-corrected chi connectivity index (χ2v) is 6.67. The summed E-state index contributed by atoms with van der Waals surface area (Å²) in [5, 5.41) is 0. The van der Waals surface area contributed by atoms with E-state index in [9.17, 15) is 13.2 Å². The zero-order chi connectivity index (χ0) is 12.2. The minimum Gasteiger partial charge on any atom is -0.443 e. The maximum absolute atomic E-state index is 11.6. The summed E-state index contributed by atoms with van der Waals surface area (Å²) in [4.78, 5) is 11.6. The van der Waals surface area contributed by atoms with Crippen LogP contribution in [0.1, 0.15) is 33.6 Å². The third-order valence-electron chi connectivity index (χ3n) is 2.39. The predicted octanol–water partition coefficient (Wildman–Crippen LogP) is 1.03. The predicted molar refractivity (Wildman–Crippen MR) is 54.9 cm³/mol. The molecule has 16 heavy (non-hydrogen) atoms. The highest BCUT2D eigenvalue weighted by molar-refractivity contribution is 7.85. The van der Waals surface area contributed by atoms with Gasteiger partial charge in [-0.15, -0.1) is 0 Å². The fraction of sp³-hybridized carbons (Fsp3) is 0.889. The van der Waals surface area contributed by atoms with Gasteiger partial charge < -0.3 is 4.74 Å². The van der Waals surface area contributed by atoms with Crippen LogP contribution in [0.25, 0.3) is 0 Å². The molecule has 1 heterocycles. The molecule has 2 aliphatic rings. The molecule has 0 N–H and O–H groups in total. The van der Waals surface area contributed by atoms with Crippen molar-refractivity contribution in [1.82, 2.24) is 4.31 Å². The lowest BCUT2D eigenvalue weighted by molar-refractivity contribution is 0.0394. The summed E-state index contributed by atoms with van der Waals surface area (Å²) in [6, 6.07) is 0. The van der Waals surface area contributed by atoms with Gasteiger partial charge in [-0.25, -0.2) is 8.98 Å².